The summed E-state index contributed by atoms with van der Waals surface area (Å²) in [7, 11) is -4.17. The lowest BCUT2D eigenvalue weighted by Gasteiger charge is -2.10. The SMILES string of the molecule is CS(=O)(=O)c1c(F)cc(C2=C(c3ccc(C(F)(F)F)cc3)C(=O)OC2)cc1F. The van der Waals surface area contributed by atoms with Crippen LogP contribution in [0.2, 0.25) is 0 Å². The van der Waals surface area contributed by atoms with E-state index in [1.165, 1.54) is 0 Å². The van der Waals surface area contributed by atoms with Crippen molar-refractivity contribution in [2.75, 3.05) is 12.9 Å². The highest BCUT2D eigenvalue weighted by molar-refractivity contribution is 7.90. The lowest BCUT2D eigenvalue weighted by molar-refractivity contribution is -0.137. The van der Waals surface area contributed by atoms with Gasteiger partial charge >= 0.3 is 12.1 Å². The number of halogens is 5. The summed E-state index contributed by atoms with van der Waals surface area (Å²) in [6.07, 6.45) is -3.93. The zero-order valence-corrected chi connectivity index (χ0v) is 14.9. The van der Waals surface area contributed by atoms with Gasteiger partial charge in [-0.05, 0) is 35.4 Å². The first-order chi connectivity index (χ1) is 12.9. The summed E-state index contributed by atoms with van der Waals surface area (Å²) < 4.78 is 94.3. The fourth-order valence-corrected chi connectivity index (χ4v) is 3.67. The molecule has 0 radical (unpaired) electrons. The average Bonchev–Trinajstić information content (AvgIpc) is 2.93. The Morgan fingerprint density at radius 2 is 1.50 bits per heavy atom. The topological polar surface area (TPSA) is 60.4 Å². The zero-order chi connectivity index (χ0) is 20.9. The van der Waals surface area contributed by atoms with Gasteiger partial charge in [0, 0.05) is 11.8 Å². The van der Waals surface area contributed by atoms with E-state index in [2.05, 4.69) is 0 Å². The maximum atomic E-state index is 14.2. The number of carbonyl (C=O) groups excluding carboxylic acids is 1. The largest absolute Gasteiger partial charge is 0.457 e. The molecule has 2 aromatic carbocycles. The quantitative estimate of drug-likeness (QED) is 0.561. The second-order valence-electron chi connectivity index (χ2n) is 6.05. The van der Waals surface area contributed by atoms with Crippen LogP contribution in [0.15, 0.2) is 41.3 Å². The predicted molar refractivity (Wildman–Crippen MR) is 88.7 cm³/mol. The Labute approximate surface area is 156 Å². The smallest absolute Gasteiger partial charge is 0.416 e. The summed E-state index contributed by atoms with van der Waals surface area (Å²) in [5.74, 6) is -3.57. The van der Waals surface area contributed by atoms with Crippen LogP contribution in [0.3, 0.4) is 0 Å². The van der Waals surface area contributed by atoms with E-state index >= 15 is 0 Å². The van der Waals surface area contributed by atoms with E-state index < -0.39 is 44.1 Å². The van der Waals surface area contributed by atoms with Gasteiger partial charge in [0.15, 0.2) is 9.84 Å². The number of ether oxygens (including phenoxy) is 1. The third-order valence-corrected chi connectivity index (χ3v) is 5.20. The van der Waals surface area contributed by atoms with Crippen LogP contribution in [-0.2, 0) is 25.5 Å². The van der Waals surface area contributed by atoms with Crippen molar-refractivity contribution in [3.8, 4) is 0 Å². The Morgan fingerprint density at radius 3 is 1.96 bits per heavy atom. The predicted octanol–water partition coefficient (Wildman–Crippen LogP) is 3.85. The molecular formula is C18H11F5O4S. The minimum absolute atomic E-state index is 0.0302. The van der Waals surface area contributed by atoms with Crippen molar-refractivity contribution in [1.82, 2.24) is 0 Å². The molecule has 3 rings (SSSR count). The molecule has 0 aromatic heterocycles. The monoisotopic (exact) mass is 418 g/mol. The Bertz CT molecular complexity index is 1080. The summed E-state index contributed by atoms with van der Waals surface area (Å²) >= 11 is 0. The molecule has 0 saturated heterocycles. The van der Waals surface area contributed by atoms with Crippen LogP contribution in [0.4, 0.5) is 22.0 Å². The molecule has 4 nitrogen and oxygen atoms in total. The molecule has 0 bridgehead atoms. The van der Waals surface area contributed by atoms with Crippen LogP contribution in [-0.4, -0.2) is 27.2 Å². The van der Waals surface area contributed by atoms with Crippen molar-refractivity contribution >= 4 is 27.0 Å². The van der Waals surface area contributed by atoms with Crippen LogP contribution >= 0.6 is 0 Å². The molecule has 0 saturated carbocycles. The van der Waals surface area contributed by atoms with E-state index in [0.717, 1.165) is 36.4 Å². The standard InChI is InChI=1S/C18H11F5O4S/c1-28(25,26)16-13(19)6-10(7-14(16)20)12-8-27-17(24)15(12)9-2-4-11(5-3-9)18(21,22)23/h2-7H,8H2,1H3. The maximum Gasteiger partial charge on any atom is 0.416 e. The fourth-order valence-electron chi connectivity index (χ4n) is 2.84. The van der Waals surface area contributed by atoms with Crippen LogP contribution in [0.1, 0.15) is 16.7 Å². The maximum absolute atomic E-state index is 14.2. The number of carbonyl (C=O) groups is 1. The first-order valence-corrected chi connectivity index (χ1v) is 9.56. The number of hydrogen-bond acceptors (Lipinski definition) is 4. The highest BCUT2D eigenvalue weighted by atomic mass is 32.2. The van der Waals surface area contributed by atoms with Gasteiger partial charge in [0.2, 0.25) is 0 Å². The molecule has 1 aliphatic rings. The van der Waals surface area contributed by atoms with Gasteiger partial charge in [-0.3, -0.25) is 0 Å². The van der Waals surface area contributed by atoms with Crippen molar-refractivity contribution in [2.45, 2.75) is 11.1 Å². The second-order valence-corrected chi connectivity index (χ2v) is 8.00. The van der Waals surface area contributed by atoms with Crippen LogP contribution in [0.25, 0.3) is 11.1 Å². The van der Waals surface area contributed by atoms with Crippen molar-refractivity contribution in [1.29, 1.82) is 0 Å². The number of cyclic esters (lactones) is 1. The minimum Gasteiger partial charge on any atom is -0.457 e. The Kier molecular flexibility index (Phi) is 4.78. The van der Waals surface area contributed by atoms with E-state index in [1.54, 1.807) is 0 Å². The number of alkyl halides is 3. The summed E-state index contributed by atoms with van der Waals surface area (Å²) in [5, 5.41) is 0. The van der Waals surface area contributed by atoms with E-state index in [-0.39, 0.29) is 28.9 Å². The number of benzene rings is 2. The van der Waals surface area contributed by atoms with Crippen molar-refractivity contribution in [3.05, 3.63) is 64.7 Å². The Hall–Kier alpha value is -2.75. The minimum atomic E-state index is -4.57. The van der Waals surface area contributed by atoms with E-state index in [0.29, 0.717) is 6.26 Å². The van der Waals surface area contributed by atoms with Gasteiger partial charge in [0.1, 0.15) is 23.1 Å². The molecule has 0 N–H and O–H groups in total. The summed E-state index contributed by atoms with van der Waals surface area (Å²) in [6.45, 7) is -0.369. The van der Waals surface area contributed by atoms with Gasteiger partial charge < -0.3 is 4.74 Å². The van der Waals surface area contributed by atoms with Crippen LogP contribution < -0.4 is 0 Å². The number of sulfone groups is 1. The summed E-state index contributed by atoms with van der Waals surface area (Å²) in [5.41, 5.74) is -1.14. The number of hydrogen-bond donors (Lipinski definition) is 0. The summed E-state index contributed by atoms with van der Waals surface area (Å²) in [4.78, 5) is 10.9. The normalized spacial score (nSPS) is 15.1. The Morgan fingerprint density at radius 1 is 0.964 bits per heavy atom. The van der Waals surface area contributed by atoms with Crippen molar-refractivity contribution < 1.29 is 39.9 Å². The zero-order valence-electron chi connectivity index (χ0n) is 14.1. The van der Waals surface area contributed by atoms with Gasteiger partial charge in [-0.1, -0.05) is 12.1 Å². The molecule has 0 fully saturated rings. The molecule has 1 aliphatic heterocycles. The Balaban J connectivity index is 2.14. The van der Waals surface area contributed by atoms with Gasteiger partial charge in [-0.2, -0.15) is 13.2 Å². The molecule has 2 aromatic rings. The molecule has 10 heteroatoms. The van der Waals surface area contributed by atoms with E-state index in [9.17, 15) is 35.2 Å². The molecule has 0 spiro atoms. The summed E-state index contributed by atoms with van der Waals surface area (Å²) in [6, 6.07) is 5.09. The highest BCUT2D eigenvalue weighted by Gasteiger charge is 2.32. The molecule has 0 aliphatic carbocycles. The third-order valence-electron chi connectivity index (χ3n) is 4.07. The molecule has 1 heterocycles. The molecule has 0 unspecified atom stereocenters. The van der Waals surface area contributed by atoms with Gasteiger partial charge in [0.05, 0.1) is 11.1 Å². The van der Waals surface area contributed by atoms with Gasteiger partial charge in [0.25, 0.3) is 0 Å². The molecule has 0 amide bonds. The third kappa shape index (κ3) is 3.64. The van der Waals surface area contributed by atoms with Crippen LogP contribution in [0.5, 0.6) is 0 Å². The molecule has 148 valence electrons. The van der Waals surface area contributed by atoms with Crippen molar-refractivity contribution in [2.24, 2.45) is 0 Å². The lowest BCUT2D eigenvalue weighted by atomic mass is 9.96. The van der Waals surface area contributed by atoms with Crippen molar-refractivity contribution in [3.63, 3.8) is 0 Å². The first-order valence-electron chi connectivity index (χ1n) is 7.67. The fraction of sp³-hybridized carbons (Fsp3) is 0.167. The lowest BCUT2D eigenvalue weighted by Crippen LogP contribution is -2.06. The highest BCUT2D eigenvalue weighted by Crippen LogP contribution is 2.36. The van der Waals surface area contributed by atoms with Gasteiger partial charge in [-0.15, -0.1) is 0 Å². The average molecular weight is 418 g/mol. The second kappa shape index (κ2) is 6.69. The molecular weight excluding hydrogens is 407 g/mol. The number of rotatable bonds is 3. The molecule has 28 heavy (non-hydrogen) atoms. The first kappa shape index (κ1) is 20.0. The van der Waals surface area contributed by atoms with E-state index in [4.69, 9.17) is 4.74 Å². The number of esters is 1. The van der Waals surface area contributed by atoms with E-state index in [1.807, 2.05) is 0 Å². The van der Waals surface area contributed by atoms with Crippen LogP contribution in [0, 0.1) is 11.6 Å². The van der Waals surface area contributed by atoms with Gasteiger partial charge in [-0.25, -0.2) is 22.0 Å². The molecule has 0 atom stereocenters.